The van der Waals surface area contributed by atoms with E-state index < -0.39 is 5.41 Å². The summed E-state index contributed by atoms with van der Waals surface area (Å²) in [5.74, 6) is -0.904. The molecule has 3 atom stereocenters. The zero-order valence-electron chi connectivity index (χ0n) is 15.1. The number of rotatable bonds is 3. The molecule has 2 aliphatic rings. The third kappa shape index (κ3) is 2.76. The molecule has 2 aromatic rings. The molecule has 2 amide bonds. The zero-order chi connectivity index (χ0) is 19.3. The molecule has 7 heteroatoms. The van der Waals surface area contributed by atoms with Gasteiger partial charge in [-0.1, -0.05) is 18.6 Å². The molecule has 0 spiro atoms. The molecule has 1 aromatic carbocycles. The van der Waals surface area contributed by atoms with Gasteiger partial charge in [0.05, 0.1) is 15.3 Å². The third-order valence-corrected chi connectivity index (χ3v) is 6.86. The highest BCUT2D eigenvalue weighted by molar-refractivity contribution is 7.15. The zero-order valence-corrected chi connectivity index (χ0v) is 15.9. The summed E-state index contributed by atoms with van der Waals surface area (Å²) in [5.41, 5.74) is 6.13. The van der Waals surface area contributed by atoms with Crippen molar-refractivity contribution in [1.29, 1.82) is 0 Å². The Labute approximate surface area is 161 Å². The first-order chi connectivity index (χ1) is 12.8. The predicted molar refractivity (Wildman–Crippen MR) is 101 cm³/mol. The Morgan fingerprint density at radius 3 is 2.74 bits per heavy atom. The summed E-state index contributed by atoms with van der Waals surface area (Å²) in [6.07, 6.45) is 2.80. The normalized spacial score (nSPS) is 27.0. The third-order valence-electron chi connectivity index (χ3n) is 5.84. The summed E-state index contributed by atoms with van der Waals surface area (Å²) >= 11 is 1.40. The lowest BCUT2D eigenvalue weighted by Gasteiger charge is -2.30. The largest absolute Gasteiger partial charge is 0.369 e. The van der Waals surface area contributed by atoms with Crippen LogP contribution in [0.5, 0.6) is 0 Å². The van der Waals surface area contributed by atoms with Gasteiger partial charge < -0.3 is 10.6 Å². The first-order valence-corrected chi connectivity index (χ1v) is 9.84. The number of amides is 2. The van der Waals surface area contributed by atoms with Crippen molar-refractivity contribution in [1.82, 2.24) is 9.88 Å². The molecule has 2 fully saturated rings. The van der Waals surface area contributed by atoms with Gasteiger partial charge in [0, 0.05) is 12.1 Å². The number of hydrogen-bond acceptors (Lipinski definition) is 4. The van der Waals surface area contributed by atoms with E-state index in [4.69, 9.17) is 5.73 Å². The highest BCUT2D eigenvalue weighted by atomic mass is 32.1. The molecular weight excluding hydrogens is 365 g/mol. The maximum Gasteiger partial charge on any atom is 0.274 e. The van der Waals surface area contributed by atoms with E-state index in [2.05, 4.69) is 11.9 Å². The van der Waals surface area contributed by atoms with Crippen LogP contribution >= 0.6 is 11.3 Å². The fraction of sp³-hybridized carbons (Fsp3) is 0.400. The van der Waals surface area contributed by atoms with Crippen LogP contribution in [-0.2, 0) is 4.79 Å². The van der Waals surface area contributed by atoms with Gasteiger partial charge in [-0.05, 0) is 50.8 Å². The molecule has 0 bridgehead atoms. The minimum Gasteiger partial charge on any atom is -0.369 e. The Kier molecular flexibility index (Phi) is 4.29. The SMILES string of the molecule is [CH2][C@H]1C[C@@]2(C(N)=O)CCC[C@@H]2N1C(=O)c1nc(C)sc1-c1ccc(F)cc1. The predicted octanol–water partition coefficient (Wildman–Crippen LogP) is 3.33. The molecule has 5 nitrogen and oxygen atoms in total. The molecule has 1 saturated heterocycles. The first kappa shape index (κ1) is 18.1. The molecule has 141 valence electrons. The summed E-state index contributed by atoms with van der Waals surface area (Å²) in [6, 6.07) is 5.48. The molecule has 4 rings (SSSR count). The number of fused-ring (bicyclic) bond motifs is 1. The lowest BCUT2D eigenvalue weighted by atomic mass is 9.80. The van der Waals surface area contributed by atoms with Crippen molar-refractivity contribution in [2.24, 2.45) is 11.1 Å². The standard InChI is InChI=1S/C20H21FN3O2S/c1-11-10-20(19(22)26)9-3-4-15(20)24(11)18(25)16-17(27-12(2)23-16)13-5-7-14(21)8-6-13/h5-8,11,15H,1,3-4,9-10H2,2H3,(H2,22,26)/t11-,15-,20-/m0/s1. The highest BCUT2D eigenvalue weighted by Gasteiger charge is 2.58. The summed E-state index contributed by atoms with van der Waals surface area (Å²) < 4.78 is 13.3. The van der Waals surface area contributed by atoms with Crippen molar-refractivity contribution < 1.29 is 14.0 Å². The second-order valence-electron chi connectivity index (χ2n) is 7.42. The van der Waals surface area contributed by atoms with Crippen LogP contribution < -0.4 is 5.73 Å². The van der Waals surface area contributed by atoms with Crippen LogP contribution in [0.3, 0.4) is 0 Å². The Balaban J connectivity index is 1.74. The van der Waals surface area contributed by atoms with Crippen molar-refractivity contribution >= 4 is 23.2 Å². The summed E-state index contributed by atoms with van der Waals surface area (Å²) in [6.45, 7) is 5.96. The summed E-state index contributed by atoms with van der Waals surface area (Å²) in [7, 11) is 0. The van der Waals surface area contributed by atoms with E-state index in [1.54, 1.807) is 17.0 Å². The van der Waals surface area contributed by atoms with Gasteiger partial charge >= 0.3 is 0 Å². The highest BCUT2D eigenvalue weighted by Crippen LogP contribution is 2.51. The minimum atomic E-state index is -0.677. The average molecular weight is 386 g/mol. The van der Waals surface area contributed by atoms with Crippen molar-refractivity contribution in [3.8, 4) is 10.4 Å². The first-order valence-electron chi connectivity index (χ1n) is 9.02. The number of hydrogen-bond donors (Lipinski definition) is 1. The molecular formula is C20H21FN3O2S. The number of aromatic nitrogens is 1. The van der Waals surface area contributed by atoms with Gasteiger partial charge in [-0.15, -0.1) is 11.3 Å². The number of nitrogens with two attached hydrogens (primary N) is 1. The molecule has 1 aliphatic heterocycles. The minimum absolute atomic E-state index is 0.228. The van der Waals surface area contributed by atoms with Crippen LogP contribution in [0.25, 0.3) is 10.4 Å². The smallest absolute Gasteiger partial charge is 0.274 e. The second-order valence-corrected chi connectivity index (χ2v) is 8.62. The molecule has 2 N–H and O–H groups in total. The van der Waals surface area contributed by atoms with Crippen LogP contribution in [0.4, 0.5) is 4.39 Å². The lowest BCUT2D eigenvalue weighted by molar-refractivity contribution is -0.127. The van der Waals surface area contributed by atoms with Crippen molar-refractivity contribution in [3.63, 3.8) is 0 Å². The molecule has 27 heavy (non-hydrogen) atoms. The number of thiazole rings is 1. The topological polar surface area (TPSA) is 76.3 Å². The van der Waals surface area contributed by atoms with E-state index in [0.29, 0.717) is 23.4 Å². The Hall–Kier alpha value is -2.28. The van der Waals surface area contributed by atoms with Gasteiger partial charge in [-0.25, -0.2) is 9.37 Å². The number of aryl methyl sites for hydroxylation is 1. The van der Waals surface area contributed by atoms with E-state index in [1.165, 1.54) is 23.5 Å². The quantitative estimate of drug-likeness (QED) is 0.879. The van der Waals surface area contributed by atoms with Crippen LogP contribution in [-0.4, -0.2) is 33.8 Å². The number of primary amides is 1. The second kappa shape index (κ2) is 6.41. The van der Waals surface area contributed by atoms with Crippen molar-refractivity contribution in [3.05, 3.63) is 47.7 Å². The molecule has 1 aliphatic carbocycles. The van der Waals surface area contributed by atoms with Gasteiger partial charge in [0.25, 0.3) is 5.91 Å². The number of halogens is 1. The van der Waals surface area contributed by atoms with E-state index in [9.17, 15) is 14.0 Å². The molecule has 1 aromatic heterocycles. The van der Waals surface area contributed by atoms with E-state index in [-0.39, 0.29) is 29.7 Å². The lowest BCUT2D eigenvalue weighted by Crippen LogP contribution is -2.46. The van der Waals surface area contributed by atoms with Crippen molar-refractivity contribution in [2.45, 2.75) is 44.7 Å². The molecule has 1 radical (unpaired) electrons. The monoisotopic (exact) mass is 386 g/mol. The fourth-order valence-electron chi connectivity index (χ4n) is 4.66. The molecule has 0 unspecified atom stereocenters. The van der Waals surface area contributed by atoms with Gasteiger partial charge in [0.15, 0.2) is 0 Å². The Morgan fingerprint density at radius 1 is 1.37 bits per heavy atom. The van der Waals surface area contributed by atoms with Gasteiger partial charge in [-0.3, -0.25) is 9.59 Å². The maximum atomic E-state index is 13.4. The number of benzene rings is 1. The van der Waals surface area contributed by atoms with Crippen LogP contribution in [0.2, 0.25) is 0 Å². The number of carbonyl (C=O) groups excluding carboxylic acids is 2. The van der Waals surface area contributed by atoms with Crippen molar-refractivity contribution in [2.75, 3.05) is 0 Å². The fourth-order valence-corrected chi connectivity index (χ4v) is 5.57. The summed E-state index contributed by atoms with van der Waals surface area (Å²) in [4.78, 5) is 32.5. The number of likely N-dealkylation sites (tertiary alicyclic amines) is 1. The average Bonchev–Trinajstić information content (AvgIpc) is 3.27. The van der Waals surface area contributed by atoms with Crippen LogP contribution in [0.15, 0.2) is 24.3 Å². The van der Waals surface area contributed by atoms with Gasteiger partial charge in [0.2, 0.25) is 5.91 Å². The Bertz CT molecular complexity index is 910. The molecule has 2 heterocycles. The van der Waals surface area contributed by atoms with E-state index >= 15 is 0 Å². The van der Waals surface area contributed by atoms with Gasteiger partial charge in [-0.2, -0.15) is 0 Å². The maximum absolute atomic E-state index is 13.4. The van der Waals surface area contributed by atoms with E-state index in [0.717, 1.165) is 23.4 Å². The van der Waals surface area contributed by atoms with Crippen LogP contribution in [0.1, 0.15) is 41.2 Å². The van der Waals surface area contributed by atoms with E-state index in [1.807, 2.05) is 6.92 Å². The van der Waals surface area contributed by atoms with Gasteiger partial charge in [0.1, 0.15) is 11.5 Å². The number of carbonyl (C=O) groups is 2. The van der Waals surface area contributed by atoms with Crippen LogP contribution in [0, 0.1) is 25.1 Å². The Morgan fingerprint density at radius 2 is 2.07 bits per heavy atom. The summed E-state index contributed by atoms with van der Waals surface area (Å²) in [5, 5.41) is 0.755. The number of nitrogens with zero attached hydrogens (tertiary/aromatic N) is 2. The molecule has 1 saturated carbocycles.